The molecule has 2 unspecified atom stereocenters. The molecular weight excluding hydrogens is 207 g/mol. The van der Waals surface area contributed by atoms with Crippen LogP contribution in [0, 0.1) is 0 Å². The highest BCUT2D eigenvalue weighted by molar-refractivity contribution is 4.83. The molecule has 0 aromatic carbocycles. The molecule has 0 aromatic rings. The van der Waals surface area contributed by atoms with E-state index in [0.29, 0.717) is 0 Å². The molecule has 0 fully saturated rings. The summed E-state index contributed by atoms with van der Waals surface area (Å²) in [6, 6.07) is -0.987. The second-order valence-corrected chi connectivity index (χ2v) is 4.36. The van der Waals surface area contributed by atoms with Crippen molar-refractivity contribution < 1.29 is 18.3 Å². The first-order valence-corrected chi connectivity index (χ1v) is 5.11. The predicted molar refractivity (Wildman–Crippen MR) is 53.6 cm³/mol. The Morgan fingerprint density at radius 1 is 0.933 bits per heavy atom. The predicted octanol–water partition coefficient (Wildman–Crippen LogP) is 2.42. The van der Waals surface area contributed by atoms with Crippen molar-refractivity contribution in [1.29, 1.82) is 0 Å². The van der Waals surface area contributed by atoms with Gasteiger partial charge in [0, 0.05) is 18.1 Å². The van der Waals surface area contributed by atoms with Crippen molar-refractivity contribution in [3.05, 3.63) is 0 Å². The molecular formula is C10H20F3NO. The van der Waals surface area contributed by atoms with Crippen LogP contribution in [0.5, 0.6) is 0 Å². The minimum absolute atomic E-state index is 0.0306. The van der Waals surface area contributed by atoms with Crippen LogP contribution in [0.15, 0.2) is 0 Å². The normalized spacial score (nSPS) is 17.6. The Labute approximate surface area is 89.1 Å². The Morgan fingerprint density at radius 2 is 1.27 bits per heavy atom. The van der Waals surface area contributed by atoms with E-state index in [2.05, 4.69) is 0 Å². The number of hydrogen-bond donors (Lipinski definition) is 1. The number of halogens is 3. The fourth-order valence-corrected chi connectivity index (χ4v) is 1.97. The molecule has 5 heteroatoms. The van der Waals surface area contributed by atoms with Crippen LogP contribution in [0.1, 0.15) is 34.6 Å². The van der Waals surface area contributed by atoms with Crippen molar-refractivity contribution in [2.75, 3.05) is 0 Å². The third-order valence-electron chi connectivity index (χ3n) is 2.46. The number of rotatable bonds is 4. The quantitative estimate of drug-likeness (QED) is 0.797. The van der Waals surface area contributed by atoms with E-state index in [4.69, 9.17) is 5.11 Å². The molecule has 0 amide bonds. The lowest BCUT2D eigenvalue weighted by Gasteiger charge is -2.38. The summed E-state index contributed by atoms with van der Waals surface area (Å²) in [6.07, 6.45) is -6.84. The lowest BCUT2D eigenvalue weighted by molar-refractivity contribution is -0.223. The molecule has 0 spiro atoms. The number of alkyl halides is 3. The van der Waals surface area contributed by atoms with Gasteiger partial charge in [-0.1, -0.05) is 0 Å². The van der Waals surface area contributed by atoms with Crippen molar-refractivity contribution in [2.45, 2.75) is 65.0 Å². The van der Waals surface area contributed by atoms with E-state index in [-0.39, 0.29) is 12.1 Å². The van der Waals surface area contributed by atoms with Crippen LogP contribution in [-0.4, -0.2) is 40.4 Å². The van der Waals surface area contributed by atoms with Crippen molar-refractivity contribution in [1.82, 2.24) is 4.90 Å². The van der Waals surface area contributed by atoms with Crippen LogP contribution < -0.4 is 0 Å². The highest BCUT2D eigenvalue weighted by Gasteiger charge is 2.44. The SMILES string of the molecule is CC(C)N(C(C)C)C(C)C(O)C(F)(F)F. The molecule has 1 N–H and O–H groups in total. The van der Waals surface area contributed by atoms with Gasteiger partial charge in [-0.25, -0.2) is 0 Å². The second-order valence-electron chi connectivity index (χ2n) is 4.36. The zero-order valence-electron chi connectivity index (χ0n) is 9.84. The van der Waals surface area contributed by atoms with E-state index in [1.165, 1.54) is 6.92 Å². The maximum atomic E-state index is 12.3. The third kappa shape index (κ3) is 3.99. The van der Waals surface area contributed by atoms with Gasteiger partial charge in [-0.15, -0.1) is 0 Å². The molecule has 0 aliphatic heterocycles. The van der Waals surface area contributed by atoms with Crippen molar-refractivity contribution >= 4 is 0 Å². The molecule has 0 heterocycles. The molecule has 0 radical (unpaired) electrons. The fraction of sp³-hybridized carbons (Fsp3) is 1.00. The number of nitrogens with zero attached hydrogens (tertiary/aromatic N) is 1. The summed E-state index contributed by atoms with van der Waals surface area (Å²) < 4.78 is 36.9. The first-order valence-electron chi connectivity index (χ1n) is 5.11. The maximum Gasteiger partial charge on any atom is 0.415 e. The summed E-state index contributed by atoms with van der Waals surface area (Å²) in [5.74, 6) is 0. The Bertz CT molecular complexity index is 184. The molecule has 0 rings (SSSR count). The minimum atomic E-state index is -4.55. The van der Waals surface area contributed by atoms with Gasteiger partial charge in [0.05, 0.1) is 0 Å². The van der Waals surface area contributed by atoms with Gasteiger partial charge in [0.25, 0.3) is 0 Å². The van der Waals surface area contributed by atoms with E-state index in [1.54, 1.807) is 4.90 Å². The number of hydrogen-bond acceptors (Lipinski definition) is 2. The van der Waals surface area contributed by atoms with Crippen molar-refractivity contribution in [2.24, 2.45) is 0 Å². The molecule has 2 nitrogen and oxygen atoms in total. The summed E-state index contributed by atoms with van der Waals surface area (Å²) in [6.45, 7) is 8.68. The zero-order valence-corrected chi connectivity index (χ0v) is 9.84. The first kappa shape index (κ1) is 14.7. The molecule has 0 aliphatic rings. The molecule has 0 bridgehead atoms. The van der Waals surface area contributed by atoms with Crippen molar-refractivity contribution in [3.8, 4) is 0 Å². The van der Waals surface area contributed by atoms with Gasteiger partial charge in [-0.3, -0.25) is 4.90 Å². The van der Waals surface area contributed by atoms with Crippen LogP contribution in [0.25, 0.3) is 0 Å². The Balaban J connectivity index is 4.72. The standard InChI is InChI=1S/C10H20F3NO/c1-6(2)14(7(3)4)8(5)9(15)10(11,12)13/h6-9,15H,1-5H3. The summed E-state index contributed by atoms with van der Waals surface area (Å²) in [4.78, 5) is 1.65. The molecule has 2 atom stereocenters. The summed E-state index contributed by atoms with van der Waals surface area (Å²) >= 11 is 0. The van der Waals surface area contributed by atoms with Crippen LogP contribution in [0.2, 0.25) is 0 Å². The summed E-state index contributed by atoms with van der Waals surface area (Å²) in [5, 5.41) is 9.16. The average molecular weight is 227 g/mol. The van der Waals surface area contributed by atoms with E-state index in [9.17, 15) is 13.2 Å². The first-order chi connectivity index (χ1) is 6.59. The van der Waals surface area contributed by atoms with Gasteiger partial charge < -0.3 is 5.11 Å². The van der Waals surface area contributed by atoms with E-state index >= 15 is 0 Å². The Hall–Kier alpha value is -0.290. The van der Waals surface area contributed by atoms with E-state index < -0.39 is 18.3 Å². The topological polar surface area (TPSA) is 23.5 Å². The highest BCUT2D eigenvalue weighted by atomic mass is 19.4. The fourth-order valence-electron chi connectivity index (χ4n) is 1.97. The van der Waals surface area contributed by atoms with Gasteiger partial charge in [-0.05, 0) is 34.6 Å². The average Bonchev–Trinajstić information content (AvgIpc) is 1.99. The third-order valence-corrected chi connectivity index (χ3v) is 2.46. The summed E-state index contributed by atoms with van der Waals surface area (Å²) in [7, 11) is 0. The van der Waals surface area contributed by atoms with Gasteiger partial charge in [0.15, 0.2) is 6.10 Å². The highest BCUT2D eigenvalue weighted by Crippen LogP contribution is 2.26. The largest absolute Gasteiger partial charge is 0.415 e. The van der Waals surface area contributed by atoms with Crippen molar-refractivity contribution in [3.63, 3.8) is 0 Å². The molecule has 15 heavy (non-hydrogen) atoms. The lowest BCUT2D eigenvalue weighted by atomic mass is 10.1. The van der Waals surface area contributed by atoms with Crippen LogP contribution in [0.3, 0.4) is 0 Å². The van der Waals surface area contributed by atoms with Gasteiger partial charge in [-0.2, -0.15) is 13.2 Å². The summed E-state index contributed by atoms with van der Waals surface area (Å²) in [5.41, 5.74) is 0. The van der Waals surface area contributed by atoms with Crippen LogP contribution in [-0.2, 0) is 0 Å². The number of aliphatic hydroxyl groups is 1. The maximum absolute atomic E-state index is 12.3. The molecule has 0 saturated carbocycles. The molecule has 0 aromatic heterocycles. The van der Waals surface area contributed by atoms with Gasteiger partial charge in [0.1, 0.15) is 0 Å². The molecule has 92 valence electrons. The minimum Gasteiger partial charge on any atom is -0.382 e. The zero-order chi connectivity index (χ0) is 12.4. The Kier molecular flexibility index (Phi) is 5.06. The van der Waals surface area contributed by atoms with Gasteiger partial charge in [0.2, 0.25) is 0 Å². The van der Waals surface area contributed by atoms with Gasteiger partial charge >= 0.3 is 6.18 Å². The lowest BCUT2D eigenvalue weighted by Crippen LogP contribution is -2.53. The van der Waals surface area contributed by atoms with Crippen LogP contribution in [0.4, 0.5) is 13.2 Å². The van der Waals surface area contributed by atoms with E-state index in [1.807, 2.05) is 27.7 Å². The second kappa shape index (κ2) is 5.16. The number of aliphatic hydroxyl groups excluding tert-OH is 1. The van der Waals surface area contributed by atoms with Crippen LogP contribution >= 0.6 is 0 Å². The monoisotopic (exact) mass is 227 g/mol. The Morgan fingerprint density at radius 3 is 1.47 bits per heavy atom. The van der Waals surface area contributed by atoms with E-state index in [0.717, 1.165) is 0 Å². The molecule has 0 saturated heterocycles. The smallest absolute Gasteiger partial charge is 0.382 e. The molecule has 0 aliphatic carbocycles.